The molecule has 0 aromatic carbocycles. The highest BCUT2D eigenvalue weighted by Gasteiger charge is 2.47. The average molecular weight is 932 g/mol. The average Bonchev–Trinajstić information content (AvgIpc) is 3.31. The van der Waals surface area contributed by atoms with Gasteiger partial charge in [-0.3, -0.25) is 9.59 Å². The number of hydrogen-bond donors (Lipinski definition) is 6. The molecule has 11 heteroatoms. The quantitative estimate of drug-likeness (QED) is 0.0196. The van der Waals surface area contributed by atoms with Gasteiger partial charge in [-0.05, 0) is 64.2 Å². The molecule has 8 atom stereocenters. The molecule has 0 aromatic heterocycles. The lowest BCUT2D eigenvalue weighted by molar-refractivity contribution is -0.305. The molecule has 0 aliphatic carbocycles. The summed E-state index contributed by atoms with van der Waals surface area (Å²) in [5.74, 6) is -1.28. The zero-order valence-electron chi connectivity index (χ0n) is 41.8. The Bertz CT molecular complexity index is 1300. The maximum atomic E-state index is 13.3. The van der Waals surface area contributed by atoms with E-state index in [1.165, 1.54) is 83.5 Å². The molecule has 0 radical (unpaired) electrons. The lowest BCUT2D eigenvalue weighted by Crippen LogP contribution is -2.61. The molecule has 382 valence electrons. The number of esters is 1. The van der Waals surface area contributed by atoms with E-state index in [9.17, 15) is 35.1 Å². The van der Waals surface area contributed by atoms with Crippen LogP contribution < -0.4 is 5.32 Å². The number of aliphatic hydroxyl groups is 5. The molecule has 66 heavy (non-hydrogen) atoms. The van der Waals surface area contributed by atoms with Crippen LogP contribution in [0.15, 0.2) is 60.8 Å². The Labute approximate surface area is 401 Å². The van der Waals surface area contributed by atoms with Gasteiger partial charge in [0.25, 0.3) is 0 Å². The Morgan fingerprint density at radius 2 is 1.09 bits per heavy atom. The van der Waals surface area contributed by atoms with E-state index in [4.69, 9.17) is 14.2 Å². The molecular formula is C55H97NO10. The zero-order valence-corrected chi connectivity index (χ0v) is 41.8. The van der Waals surface area contributed by atoms with Crippen LogP contribution in [0.1, 0.15) is 213 Å². The maximum absolute atomic E-state index is 13.3. The van der Waals surface area contributed by atoms with Gasteiger partial charge < -0.3 is 45.1 Å². The van der Waals surface area contributed by atoms with Crippen molar-refractivity contribution < 1.29 is 49.3 Å². The fraction of sp³-hybridized carbons (Fsp3) is 0.782. The summed E-state index contributed by atoms with van der Waals surface area (Å²) >= 11 is 0. The Hall–Kier alpha value is -2.64. The SMILES string of the molecule is CC/C=C/C/C=C/CCCCCCCCCC(=O)OC1C(OCC(NC(=O)C(O)C/C=C/C/C=C\CCCCCCCC)C(O)/C=C/CCCCCCCCCCC)OC(CO)C(O)C1O. The van der Waals surface area contributed by atoms with E-state index < -0.39 is 67.4 Å². The number of carbonyl (C=O) groups excluding carboxylic acids is 2. The molecule has 0 aromatic rings. The van der Waals surface area contributed by atoms with Crippen molar-refractivity contribution >= 4 is 11.9 Å². The topological polar surface area (TPSA) is 175 Å². The molecule has 1 aliphatic rings. The minimum atomic E-state index is -1.62. The van der Waals surface area contributed by atoms with E-state index in [1.807, 2.05) is 12.2 Å². The minimum absolute atomic E-state index is 0.0800. The van der Waals surface area contributed by atoms with Gasteiger partial charge in [0.05, 0.1) is 25.4 Å². The van der Waals surface area contributed by atoms with Crippen molar-refractivity contribution in [2.45, 2.75) is 262 Å². The summed E-state index contributed by atoms with van der Waals surface area (Å²) in [6, 6.07) is -1.05. The van der Waals surface area contributed by atoms with Crippen molar-refractivity contribution in [3.8, 4) is 0 Å². The fourth-order valence-corrected chi connectivity index (χ4v) is 7.91. The van der Waals surface area contributed by atoms with Gasteiger partial charge in [0, 0.05) is 12.8 Å². The molecule has 11 nitrogen and oxygen atoms in total. The minimum Gasteiger partial charge on any atom is -0.454 e. The van der Waals surface area contributed by atoms with Gasteiger partial charge in [-0.1, -0.05) is 197 Å². The predicted molar refractivity (Wildman–Crippen MR) is 269 cm³/mol. The first-order chi connectivity index (χ1) is 32.2. The molecule has 0 bridgehead atoms. The molecule has 1 saturated heterocycles. The van der Waals surface area contributed by atoms with Gasteiger partial charge in [-0.15, -0.1) is 0 Å². The zero-order chi connectivity index (χ0) is 48.3. The molecule has 1 amide bonds. The van der Waals surface area contributed by atoms with E-state index in [2.05, 4.69) is 62.5 Å². The van der Waals surface area contributed by atoms with Gasteiger partial charge in [-0.2, -0.15) is 0 Å². The number of hydrogen-bond acceptors (Lipinski definition) is 10. The molecule has 6 N–H and O–H groups in total. The lowest BCUT2D eigenvalue weighted by Gasteiger charge is -2.41. The van der Waals surface area contributed by atoms with Gasteiger partial charge in [0.2, 0.25) is 5.91 Å². The van der Waals surface area contributed by atoms with Crippen LogP contribution in [0.5, 0.6) is 0 Å². The molecule has 8 unspecified atom stereocenters. The Morgan fingerprint density at radius 3 is 1.62 bits per heavy atom. The van der Waals surface area contributed by atoms with Crippen LogP contribution in [-0.4, -0.2) is 99.6 Å². The van der Waals surface area contributed by atoms with E-state index in [-0.39, 0.29) is 19.4 Å². The second-order valence-corrected chi connectivity index (χ2v) is 18.2. The highest BCUT2D eigenvalue weighted by molar-refractivity contribution is 5.81. The van der Waals surface area contributed by atoms with Crippen molar-refractivity contribution in [3.05, 3.63) is 60.8 Å². The first-order valence-electron chi connectivity index (χ1n) is 26.6. The Balaban J connectivity index is 2.81. The summed E-state index contributed by atoms with van der Waals surface area (Å²) in [5, 5.41) is 56.5. The third-order valence-corrected chi connectivity index (χ3v) is 12.2. The molecule has 1 heterocycles. The van der Waals surface area contributed by atoms with Crippen molar-refractivity contribution in [2.24, 2.45) is 0 Å². The summed E-state index contributed by atoms with van der Waals surface area (Å²) < 4.78 is 17.5. The molecule has 0 spiro atoms. The highest BCUT2D eigenvalue weighted by Crippen LogP contribution is 2.26. The van der Waals surface area contributed by atoms with Gasteiger partial charge in [0.1, 0.15) is 24.4 Å². The summed E-state index contributed by atoms with van der Waals surface area (Å²) in [4.78, 5) is 26.3. The Kier molecular flexibility index (Phi) is 40.6. The van der Waals surface area contributed by atoms with Crippen molar-refractivity contribution in [2.75, 3.05) is 13.2 Å². The van der Waals surface area contributed by atoms with Crippen molar-refractivity contribution in [1.82, 2.24) is 5.32 Å². The number of unbranched alkanes of at least 4 members (excludes halogenated alkanes) is 22. The molecular weight excluding hydrogens is 835 g/mol. The maximum Gasteiger partial charge on any atom is 0.306 e. The van der Waals surface area contributed by atoms with Gasteiger partial charge in [-0.25, -0.2) is 0 Å². The van der Waals surface area contributed by atoms with Gasteiger partial charge >= 0.3 is 5.97 Å². The first-order valence-corrected chi connectivity index (χ1v) is 26.6. The van der Waals surface area contributed by atoms with Crippen LogP contribution in [0.3, 0.4) is 0 Å². The van der Waals surface area contributed by atoms with E-state index in [0.29, 0.717) is 12.8 Å². The van der Waals surface area contributed by atoms with Crippen LogP contribution in [0.4, 0.5) is 0 Å². The normalized spacial score (nSPS) is 20.6. The van der Waals surface area contributed by atoms with Crippen LogP contribution >= 0.6 is 0 Å². The van der Waals surface area contributed by atoms with E-state index in [1.54, 1.807) is 12.2 Å². The molecule has 0 saturated carbocycles. The molecule has 1 fully saturated rings. The predicted octanol–water partition coefficient (Wildman–Crippen LogP) is 11.1. The number of allylic oxidation sites excluding steroid dienone is 8. The second-order valence-electron chi connectivity index (χ2n) is 18.2. The van der Waals surface area contributed by atoms with Gasteiger partial charge in [0.15, 0.2) is 12.4 Å². The first kappa shape index (κ1) is 61.4. The van der Waals surface area contributed by atoms with Crippen LogP contribution in [0.25, 0.3) is 0 Å². The number of ether oxygens (including phenoxy) is 3. The monoisotopic (exact) mass is 932 g/mol. The summed E-state index contributed by atoms with van der Waals surface area (Å²) in [6.07, 6.45) is 41.5. The number of aliphatic hydroxyl groups excluding tert-OH is 5. The fourth-order valence-electron chi connectivity index (χ4n) is 7.91. The summed E-state index contributed by atoms with van der Waals surface area (Å²) in [7, 11) is 0. The number of carbonyl (C=O) groups is 2. The highest BCUT2D eigenvalue weighted by atomic mass is 16.7. The molecule has 1 rings (SSSR count). The number of rotatable bonds is 43. The van der Waals surface area contributed by atoms with Crippen molar-refractivity contribution in [3.63, 3.8) is 0 Å². The standard InChI is InChI=1S/C55H97NO10/c1-4-7-10-13-16-19-22-24-25-28-31-34-37-40-43-50(60)66-53-52(62)51(61)49(44-57)65-55(53)64-45-46(47(58)41-38-35-32-29-26-21-18-15-12-9-6-3)56-54(63)48(59)42-39-36-33-30-27-23-20-17-14-11-8-5-2/h7,10,16,19,27,30,36,38-39,41,46-49,51-53,55,57-59,61-62H,4-6,8-9,11-15,17-18,20-26,28-29,31-35,37,40,42-45H2,1-3H3,(H,56,63)/b10-7+,19-16+,30-27-,39-36+,41-38+. The summed E-state index contributed by atoms with van der Waals surface area (Å²) in [5.41, 5.74) is 0. The van der Waals surface area contributed by atoms with Crippen molar-refractivity contribution in [1.29, 1.82) is 0 Å². The summed E-state index contributed by atoms with van der Waals surface area (Å²) in [6.45, 7) is 5.59. The van der Waals surface area contributed by atoms with E-state index in [0.717, 1.165) is 83.5 Å². The number of nitrogens with one attached hydrogen (secondary N) is 1. The third-order valence-electron chi connectivity index (χ3n) is 12.2. The van der Waals surface area contributed by atoms with Crippen LogP contribution in [0, 0.1) is 0 Å². The van der Waals surface area contributed by atoms with E-state index >= 15 is 0 Å². The lowest BCUT2D eigenvalue weighted by atomic mass is 9.99. The second kappa shape index (κ2) is 43.6. The largest absolute Gasteiger partial charge is 0.454 e. The van der Waals surface area contributed by atoms with Crippen LogP contribution in [0.2, 0.25) is 0 Å². The number of amides is 1. The Morgan fingerprint density at radius 1 is 0.606 bits per heavy atom. The van der Waals surface area contributed by atoms with Crippen LogP contribution in [-0.2, 0) is 23.8 Å². The molecule has 1 aliphatic heterocycles. The smallest absolute Gasteiger partial charge is 0.306 e. The third kappa shape index (κ3) is 32.2.